The number of aromatic nitrogens is 2. The van der Waals surface area contributed by atoms with Crippen LogP contribution in [-0.4, -0.2) is 10.2 Å². The van der Waals surface area contributed by atoms with E-state index in [1.165, 1.54) is 0 Å². The molecule has 0 bridgehead atoms. The molecule has 1 aromatic heterocycles. The van der Waals surface area contributed by atoms with Gasteiger partial charge in [-0.05, 0) is 18.2 Å². The Morgan fingerprint density at radius 3 is 2.06 bits per heavy atom. The van der Waals surface area contributed by atoms with E-state index in [4.69, 9.17) is 4.42 Å². The zero-order valence-corrected chi connectivity index (χ0v) is 13.0. The summed E-state index contributed by atoms with van der Waals surface area (Å²) in [5.74, 6) is 1.18. The van der Waals surface area contributed by atoms with Gasteiger partial charge in [0.2, 0.25) is 11.8 Å². The van der Waals surface area contributed by atoms with Crippen LogP contribution in [0, 0.1) is 0 Å². The Morgan fingerprint density at radius 1 is 1.00 bits per heavy atom. The summed E-state index contributed by atoms with van der Waals surface area (Å²) in [6, 6.07) is 5.86. The molecular weight excluding hydrogens is 348 g/mol. The topological polar surface area (TPSA) is 38.9 Å². The number of rotatable bonds is 1. The van der Waals surface area contributed by atoms with E-state index in [0.717, 1.165) is 14.5 Å². The number of hydrogen-bond donors (Lipinski definition) is 0. The molecular formula is C12H12Br2N2O. The first kappa shape index (κ1) is 12.8. The molecule has 0 atom stereocenters. The highest BCUT2D eigenvalue weighted by Gasteiger charge is 2.22. The molecule has 0 unspecified atom stereocenters. The Morgan fingerprint density at radius 2 is 1.59 bits per heavy atom. The normalized spacial score (nSPS) is 11.8. The van der Waals surface area contributed by atoms with E-state index >= 15 is 0 Å². The summed E-state index contributed by atoms with van der Waals surface area (Å²) < 4.78 is 7.62. The van der Waals surface area contributed by atoms with Crippen LogP contribution in [0.3, 0.4) is 0 Å². The van der Waals surface area contributed by atoms with Crippen molar-refractivity contribution in [2.45, 2.75) is 26.2 Å². The summed E-state index contributed by atoms with van der Waals surface area (Å²) in [5, 5.41) is 8.15. The molecule has 0 saturated heterocycles. The first-order valence-electron chi connectivity index (χ1n) is 5.17. The third-order valence-electron chi connectivity index (χ3n) is 2.18. The van der Waals surface area contributed by atoms with Crippen LogP contribution in [0.2, 0.25) is 0 Å². The van der Waals surface area contributed by atoms with Gasteiger partial charge in [0.25, 0.3) is 0 Å². The minimum atomic E-state index is -0.130. The summed E-state index contributed by atoms with van der Waals surface area (Å²) >= 11 is 6.87. The van der Waals surface area contributed by atoms with Gasteiger partial charge >= 0.3 is 0 Å². The summed E-state index contributed by atoms with van der Waals surface area (Å²) in [4.78, 5) is 0. The molecule has 0 saturated carbocycles. The smallest absolute Gasteiger partial charge is 0.247 e. The van der Waals surface area contributed by atoms with Gasteiger partial charge in [0, 0.05) is 19.9 Å². The van der Waals surface area contributed by atoms with E-state index in [0.29, 0.717) is 11.8 Å². The van der Waals surface area contributed by atoms with E-state index in [1.807, 2.05) is 39.0 Å². The van der Waals surface area contributed by atoms with Crippen molar-refractivity contribution in [1.82, 2.24) is 10.2 Å². The minimum Gasteiger partial charge on any atom is -0.420 e. The highest BCUT2D eigenvalue weighted by atomic mass is 79.9. The first-order chi connectivity index (χ1) is 7.86. The van der Waals surface area contributed by atoms with Crippen molar-refractivity contribution >= 4 is 31.9 Å². The van der Waals surface area contributed by atoms with Crippen LogP contribution in [0.15, 0.2) is 31.6 Å². The van der Waals surface area contributed by atoms with Crippen molar-refractivity contribution in [3.63, 3.8) is 0 Å². The van der Waals surface area contributed by atoms with Crippen molar-refractivity contribution in [3.8, 4) is 11.5 Å². The van der Waals surface area contributed by atoms with E-state index in [2.05, 4.69) is 42.1 Å². The molecule has 90 valence electrons. The van der Waals surface area contributed by atoms with Gasteiger partial charge in [-0.25, -0.2) is 0 Å². The molecule has 1 aromatic carbocycles. The van der Waals surface area contributed by atoms with Crippen LogP contribution in [0.1, 0.15) is 26.7 Å². The molecule has 2 rings (SSSR count). The molecule has 2 aromatic rings. The lowest BCUT2D eigenvalue weighted by Crippen LogP contribution is -2.11. The lowest BCUT2D eigenvalue weighted by molar-refractivity contribution is 0.399. The molecule has 0 aliphatic heterocycles. The quantitative estimate of drug-likeness (QED) is 0.749. The van der Waals surface area contributed by atoms with Gasteiger partial charge < -0.3 is 4.42 Å². The van der Waals surface area contributed by atoms with Gasteiger partial charge in [-0.2, -0.15) is 0 Å². The second kappa shape index (κ2) is 4.53. The molecule has 17 heavy (non-hydrogen) atoms. The first-order valence-corrected chi connectivity index (χ1v) is 6.75. The maximum atomic E-state index is 5.68. The lowest BCUT2D eigenvalue weighted by Gasteiger charge is -2.10. The lowest BCUT2D eigenvalue weighted by atomic mass is 9.97. The third kappa shape index (κ3) is 2.96. The van der Waals surface area contributed by atoms with E-state index < -0.39 is 0 Å². The third-order valence-corrected chi connectivity index (χ3v) is 3.09. The van der Waals surface area contributed by atoms with Crippen molar-refractivity contribution in [2.75, 3.05) is 0 Å². The second-order valence-electron chi connectivity index (χ2n) is 4.82. The Balaban J connectivity index is 2.44. The standard InChI is InChI=1S/C12H12Br2N2O/c1-12(2,3)11-16-15-10(17-11)7-4-8(13)6-9(14)5-7/h4-6H,1-3H3. The molecule has 0 spiro atoms. The Bertz CT molecular complexity index is 523. The fourth-order valence-corrected chi connectivity index (χ4v) is 2.61. The molecule has 0 fully saturated rings. The van der Waals surface area contributed by atoms with Gasteiger partial charge in [-0.3, -0.25) is 0 Å². The highest BCUT2D eigenvalue weighted by Crippen LogP contribution is 2.29. The zero-order valence-electron chi connectivity index (χ0n) is 9.79. The van der Waals surface area contributed by atoms with E-state index in [9.17, 15) is 0 Å². The van der Waals surface area contributed by atoms with Crippen LogP contribution in [0.4, 0.5) is 0 Å². The van der Waals surface area contributed by atoms with Gasteiger partial charge in [0.1, 0.15) is 0 Å². The van der Waals surface area contributed by atoms with Crippen LogP contribution >= 0.6 is 31.9 Å². The summed E-state index contributed by atoms with van der Waals surface area (Å²) in [7, 11) is 0. The van der Waals surface area contributed by atoms with Gasteiger partial charge in [0.05, 0.1) is 0 Å². The molecule has 0 amide bonds. The molecule has 0 N–H and O–H groups in total. The van der Waals surface area contributed by atoms with Crippen molar-refractivity contribution in [2.24, 2.45) is 0 Å². The maximum absolute atomic E-state index is 5.68. The monoisotopic (exact) mass is 358 g/mol. The number of nitrogens with zero attached hydrogens (tertiary/aromatic N) is 2. The SMILES string of the molecule is CC(C)(C)c1nnc(-c2cc(Br)cc(Br)c2)o1. The average molecular weight is 360 g/mol. The van der Waals surface area contributed by atoms with Crippen LogP contribution in [0.5, 0.6) is 0 Å². The fourth-order valence-electron chi connectivity index (χ4n) is 1.32. The average Bonchev–Trinajstić information content (AvgIpc) is 2.63. The molecule has 1 heterocycles. The van der Waals surface area contributed by atoms with Gasteiger partial charge in [0.15, 0.2) is 0 Å². The molecule has 5 heteroatoms. The van der Waals surface area contributed by atoms with E-state index in [-0.39, 0.29) is 5.41 Å². The number of halogens is 2. The number of hydrogen-bond acceptors (Lipinski definition) is 3. The second-order valence-corrected chi connectivity index (χ2v) is 6.65. The van der Waals surface area contributed by atoms with Crippen LogP contribution < -0.4 is 0 Å². The molecule has 0 radical (unpaired) electrons. The fraction of sp³-hybridized carbons (Fsp3) is 0.333. The van der Waals surface area contributed by atoms with Crippen LogP contribution in [0.25, 0.3) is 11.5 Å². The van der Waals surface area contributed by atoms with Crippen LogP contribution in [-0.2, 0) is 5.41 Å². The molecule has 0 aliphatic rings. The summed E-state index contributed by atoms with van der Waals surface area (Å²) in [5.41, 5.74) is 0.767. The Kier molecular flexibility index (Phi) is 3.41. The summed E-state index contributed by atoms with van der Waals surface area (Å²) in [6.45, 7) is 6.13. The van der Waals surface area contributed by atoms with Gasteiger partial charge in [-0.15, -0.1) is 10.2 Å². The minimum absolute atomic E-state index is 0.130. The molecule has 0 aliphatic carbocycles. The highest BCUT2D eigenvalue weighted by molar-refractivity contribution is 9.11. The van der Waals surface area contributed by atoms with Crippen molar-refractivity contribution in [1.29, 1.82) is 0 Å². The predicted octanol–water partition coefficient (Wildman–Crippen LogP) is 4.56. The Labute approximate surface area is 117 Å². The predicted molar refractivity (Wildman–Crippen MR) is 73.8 cm³/mol. The Hall–Kier alpha value is -0.680. The number of benzene rings is 1. The zero-order chi connectivity index (χ0) is 12.6. The summed E-state index contributed by atoms with van der Waals surface area (Å²) in [6.07, 6.45) is 0. The van der Waals surface area contributed by atoms with Gasteiger partial charge in [-0.1, -0.05) is 52.6 Å². The maximum Gasteiger partial charge on any atom is 0.247 e. The van der Waals surface area contributed by atoms with Crippen molar-refractivity contribution < 1.29 is 4.42 Å². The van der Waals surface area contributed by atoms with E-state index in [1.54, 1.807) is 0 Å². The largest absolute Gasteiger partial charge is 0.420 e. The molecule has 3 nitrogen and oxygen atoms in total. The van der Waals surface area contributed by atoms with Crippen molar-refractivity contribution in [3.05, 3.63) is 33.0 Å².